The first-order valence-electron chi connectivity index (χ1n) is 28.3. The van der Waals surface area contributed by atoms with Gasteiger partial charge in [0.05, 0.1) is 42.7 Å². The van der Waals surface area contributed by atoms with Gasteiger partial charge in [-0.3, -0.25) is 8.98 Å². The van der Waals surface area contributed by atoms with Crippen LogP contribution < -0.4 is 29.6 Å². The largest absolute Gasteiger partial charge is 1.00 e. The van der Waals surface area contributed by atoms with Crippen LogP contribution in [0.2, 0.25) is 0 Å². The minimum absolute atomic E-state index is 0. The minimum Gasteiger partial charge on any atom is -0.726 e. The van der Waals surface area contributed by atoms with E-state index in [-0.39, 0.29) is 47.8 Å². The van der Waals surface area contributed by atoms with Crippen molar-refractivity contribution in [3.05, 3.63) is 11.6 Å². The standard InChI is InChI=1S/C54H86O25S.Na/c1-22-32(56)40(68-11)37(61)44(70-22)75-41-33(57)23(2)71-45(38(41)62)74-39-24(3)72-43(36(60)35(39)59)76-42-34(58)27(79-80(65,66)67)21-69-46(42)73-30-15-17-50(8)26-20-29(55)54-47(63)78-52(10,31-14-16-48(4,5)77-31)53(54,64)19-18-51(54,9)25(26)12-13-28(50)49(30,6)7;/h20,22-25,27-46,55-62,64H,12-19,21H2,1-11H3,(H,65,66,67);/q;+1/p-1/t22-,23-,24-,25-,27-,28+,29+,30+,31+,32-,33-,34+,35-,36-,37-,38-,39-,40+,41+,42-,43+,44+,45+,46+,50-,51+,52+,53+,54-;/m1./s1. The number of hydrogen-bond donors (Lipinski definition) is 9. The average molecular weight is 1190 g/mol. The molecule has 0 aromatic rings. The van der Waals surface area contributed by atoms with Gasteiger partial charge in [-0.15, -0.1) is 0 Å². The minimum atomic E-state index is -5.42. The van der Waals surface area contributed by atoms with E-state index >= 15 is 0 Å². The molecule has 6 saturated heterocycles. The summed E-state index contributed by atoms with van der Waals surface area (Å²) in [6.07, 6.45) is -25.9. The number of esters is 1. The first-order valence-corrected chi connectivity index (χ1v) is 29.6. The monoisotopic (exact) mass is 1190 g/mol. The molecule has 0 bridgehead atoms. The topological polar surface area (TPSA) is 367 Å². The van der Waals surface area contributed by atoms with Crippen LogP contribution in [0, 0.1) is 33.5 Å². The molecule has 4 aliphatic carbocycles. The molecule has 81 heavy (non-hydrogen) atoms. The summed E-state index contributed by atoms with van der Waals surface area (Å²) in [7, 11) is -4.14. The van der Waals surface area contributed by atoms with E-state index in [9.17, 15) is 63.7 Å². The quantitative estimate of drug-likeness (QED) is 0.0228. The number of methoxy groups -OCH3 is 1. The van der Waals surface area contributed by atoms with Gasteiger partial charge in [0.2, 0.25) is 10.4 Å². The Morgan fingerprint density at radius 1 is 0.642 bits per heavy atom. The summed E-state index contributed by atoms with van der Waals surface area (Å²) < 4.78 is 107. The van der Waals surface area contributed by atoms with Gasteiger partial charge in [-0.25, -0.2) is 8.42 Å². The van der Waals surface area contributed by atoms with Crippen LogP contribution in [0.25, 0.3) is 0 Å². The number of rotatable bonds is 12. The Balaban J connectivity index is 0.00000792. The number of fused-ring (bicyclic) bond motifs is 4. The van der Waals surface area contributed by atoms with Crippen molar-refractivity contribution < 1.29 is 150 Å². The summed E-state index contributed by atoms with van der Waals surface area (Å²) in [4.78, 5) is 14.7. The van der Waals surface area contributed by atoms with Crippen molar-refractivity contribution in [3.63, 3.8) is 0 Å². The molecular weight excluding hydrogens is 1100 g/mol. The Kier molecular flexibility index (Phi) is 17.9. The Hall–Kier alpha value is -0.680. The van der Waals surface area contributed by atoms with Crippen LogP contribution in [0.1, 0.15) is 121 Å². The summed E-state index contributed by atoms with van der Waals surface area (Å²) >= 11 is 0. The fourth-order valence-corrected chi connectivity index (χ4v) is 17.3. The molecule has 0 aromatic carbocycles. The number of aliphatic hydroxyl groups excluding tert-OH is 8. The van der Waals surface area contributed by atoms with E-state index in [1.807, 2.05) is 34.6 Å². The Morgan fingerprint density at radius 3 is 1.83 bits per heavy atom. The molecule has 10 rings (SSSR count). The zero-order chi connectivity index (χ0) is 58.6. The number of ether oxygens (including phenoxy) is 11. The van der Waals surface area contributed by atoms with Crippen LogP contribution in [0.5, 0.6) is 0 Å². The summed E-state index contributed by atoms with van der Waals surface area (Å²) in [6.45, 7) is 17.7. The van der Waals surface area contributed by atoms with E-state index in [2.05, 4.69) is 11.1 Å². The van der Waals surface area contributed by atoms with Gasteiger partial charge in [-0.2, -0.15) is 0 Å². The summed E-state index contributed by atoms with van der Waals surface area (Å²) in [6, 6.07) is 0. The second-order valence-electron chi connectivity index (χ2n) is 26.4. The number of hydrogen-bond acceptors (Lipinski definition) is 25. The van der Waals surface area contributed by atoms with Gasteiger partial charge < -0.3 is 103 Å². The van der Waals surface area contributed by atoms with Gasteiger partial charge >= 0.3 is 35.5 Å². The normalized spacial score (nSPS) is 54.0. The van der Waals surface area contributed by atoms with E-state index in [1.165, 1.54) is 27.9 Å². The first kappa shape index (κ1) is 64.8. The molecule has 27 heteroatoms. The number of carbonyl (C=O) groups is 1. The third-order valence-electron chi connectivity index (χ3n) is 21.3. The van der Waals surface area contributed by atoms with E-state index in [0.717, 1.165) is 5.57 Å². The molecular formula is C54H85NaO25S. The molecule has 6 heterocycles. The van der Waals surface area contributed by atoms with Crippen molar-refractivity contribution in [2.45, 2.75) is 272 Å². The summed E-state index contributed by atoms with van der Waals surface area (Å²) in [5.74, 6) is -0.936. The molecule has 3 saturated carbocycles. The maximum absolute atomic E-state index is 14.7. The van der Waals surface area contributed by atoms with Crippen molar-refractivity contribution in [2.75, 3.05) is 13.7 Å². The van der Waals surface area contributed by atoms with Crippen LogP contribution in [0.3, 0.4) is 0 Å². The predicted molar refractivity (Wildman–Crippen MR) is 268 cm³/mol. The third kappa shape index (κ3) is 10.1. The van der Waals surface area contributed by atoms with Crippen LogP contribution in [0.15, 0.2) is 11.6 Å². The van der Waals surface area contributed by atoms with Gasteiger partial charge in [-0.1, -0.05) is 39.3 Å². The number of cyclic esters (lactones) is 1. The number of aliphatic hydroxyl groups is 9. The molecule has 29 atom stereocenters. The first-order chi connectivity index (χ1) is 37.1. The molecule has 9 fully saturated rings. The van der Waals surface area contributed by atoms with Gasteiger partial charge in [0.15, 0.2) is 30.8 Å². The van der Waals surface area contributed by atoms with Gasteiger partial charge in [0.1, 0.15) is 90.4 Å². The third-order valence-corrected chi connectivity index (χ3v) is 21.8. The van der Waals surface area contributed by atoms with E-state index in [1.54, 1.807) is 13.0 Å². The maximum Gasteiger partial charge on any atom is 1.00 e. The summed E-state index contributed by atoms with van der Waals surface area (Å²) in [5.41, 5.74) is -6.40. The molecule has 0 amide bonds. The SMILES string of the molecule is CO[C@@H]1[C@@H](O)[C@H](O[C@@H]2[C@@H](O)[C@H](O[C@H]3[C@H](O)[C@@H](O)[C@H](O[C@H]4[C@H](O[C@H]5CC[C@]6(C)C7=C[C@H](O)[C@]89C(=O)O[C@@](C)([C@@H]%10CCC(C)(C)O%10)[C@@]8(O)CC[C@@]9(C)[C@@H]7CC[C@H]6C5(C)C)OC[C@@H](OS(=O)(=O)[O-])[C@@H]4O)O[C@@H]3C)O[C@H](C)[C@H]2O)O[C@H](C)[C@H]1O.[Na+]. The average Bonchev–Trinajstić information content (AvgIpc) is 3.45. The molecule has 6 aliphatic heterocycles. The Labute approximate surface area is 494 Å². The van der Waals surface area contributed by atoms with Crippen molar-refractivity contribution in [1.29, 1.82) is 0 Å². The van der Waals surface area contributed by atoms with Gasteiger partial charge in [-0.05, 0) is 121 Å². The van der Waals surface area contributed by atoms with Gasteiger partial charge in [0, 0.05) is 7.11 Å². The molecule has 0 unspecified atom stereocenters. The Bertz CT molecular complexity index is 2460. The molecule has 10 aliphatic rings. The van der Waals surface area contributed by atoms with Crippen molar-refractivity contribution in [2.24, 2.45) is 33.5 Å². The second kappa shape index (κ2) is 22.4. The van der Waals surface area contributed by atoms with E-state index in [0.29, 0.717) is 44.9 Å². The maximum atomic E-state index is 14.7. The molecule has 458 valence electrons. The smallest absolute Gasteiger partial charge is 0.726 e. The Morgan fingerprint density at radius 2 is 1.22 bits per heavy atom. The molecule has 0 aromatic heterocycles. The zero-order valence-electron chi connectivity index (χ0n) is 48.3. The van der Waals surface area contributed by atoms with Crippen molar-refractivity contribution in [3.8, 4) is 0 Å². The van der Waals surface area contributed by atoms with Crippen LogP contribution in [-0.4, -0.2) is 230 Å². The fraction of sp³-hybridized carbons (Fsp3) is 0.944. The van der Waals surface area contributed by atoms with Crippen molar-refractivity contribution in [1.82, 2.24) is 0 Å². The zero-order valence-corrected chi connectivity index (χ0v) is 51.1. The number of allylic oxidation sites excluding steroid dienone is 1. The van der Waals surface area contributed by atoms with E-state index < -0.39 is 196 Å². The fourth-order valence-electron chi connectivity index (χ4n) is 16.9. The second-order valence-corrected chi connectivity index (χ2v) is 27.5. The molecule has 25 nitrogen and oxygen atoms in total. The van der Waals surface area contributed by atoms with Gasteiger partial charge in [0.25, 0.3) is 0 Å². The van der Waals surface area contributed by atoms with Crippen molar-refractivity contribution >= 4 is 16.4 Å². The van der Waals surface area contributed by atoms with Crippen LogP contribution in [-0.2, 0) is 71.5 Å². The van der Waals surface area contributed by atoms with E-state index in [4.69, 9.17) is 52.1 Å². The van der Waals surface area contributed by atoms with Crippen LogP contribution >= 0.6 is 0 Å². The molecule has 9 N–H and O–H groups in total. The summed E-state index contributed by atoms with van der Waals surface area (Å²) in [5, 5.41) is 105. The number of carbonyl (C=O) groups excluding carboxylic acids is 1. The predicted octanol–water partition coefficient (Wildman–Crippen LogP) is -3.55. The molecule has 1 spiro atoms. The molecule has 0 radical (unpaired) electrons. The van der Waals surface area contributed by atoms with Crippen LogP contribution in [0.4, 0.5) is 0 Å².